The molecule has 1 aromatic carbocycles. The molecule has 1 amide bonds. The van der Waals surface area contributed by atoms with Crippen molar-refractivity contribution in [3.8, 4) is 11.9 Å². The van der Waals surface area contributed by atoms with Gasteiger partial charge >= 0.3 is 0 Å². The number of amides is 1. The number of nitrogens with one attached hydrogen (secondary N) is 2. The monoisotopic (exact) mass is 563 g/mol. The van der Waals surface area contributed by atoms with Gasteiger partial charge in [0, 0.05) is 24.7 Å². The van der Waals surface area contributed by atoms with Crippen LogP contribution in [0.3, 0.4) is 0 Å². The molecule has 41 heavy (non-hydrogen) atoms. The van der Waals surface area contributed by atoms with Crippen molar-refractivity contribution in [2.45, 2.75) is 63.2 Å². The SMILES string of the molecule is COc1cc(C(=O)NC2CCN(C)CC2)ccc1Nc1ncc2c(n1)N(C1CCCC1)CC(C)(F)C(=NC#N)N2C. The number of hydrogen-bond donors (Lipinski definition) is 2. The number of anilines is 4. The van der Waals surface area contributed by atoms with Gasteiger partial charge < -0.3 is 30.1 Å². The summed E-state index contributed by atoms with van der Waals surface area (Å²) in [5, 5.41) is 15.6. The zero-order valence-electron chi connectivity index (χ0n) is 24.2. The Labute approximate surface area is 240 Å². The number of ether oxygens (including phenoxy) is 1. The van der Waals surface area contributed by atoms with Crippen LogP contribution in [-0.2, 0) is 0 Å². The van der Waals surface area contributed by atoms with E-state index in [2.05, 4.69) is 32.6 Å². The van der Waals surface area contributed by atoms with Crippen LogP contribution in [0.4, 0.5) is 27.5 Å². The predicted molar refractivity (Wildman–Crippen MR) is 157 cm³/mol. The van der Waals surface area contributed by atoms with Crippen LogP contribution in [0.1, 0.15) is 55.8 Å². The fraction of sp³-hybridized carbons (Fsp3) is 0.552. The van der Waals surface area contributed by atoms with Gasteiger partial charge in [0.05, 0.1) is 25.5 Å². The summed E-state index contributed by atoms with van der Waals surface area (Å²) in [7, 11) is 5.32. The molecule has 1 aliphatic carbocycles. The predicted octanol–water partition coefficient (Wildman–Crippen LogP) is 3.86. The second-order valence-electron chi connectivity index (χ2n) is 11.4. The third-order valence-electron chi connectivity index (χ3n) is 8.32. The van der Waals surface area contributed by atoms with E-state index < -0.39 is 5.67 Å². The van der Waals surface area contributed by atoms with Crippen LogP contribution >= 0.6 is 0 Å². The number of carbonyl (C=O) groups excluding carboxylic acids is 1. The van der Waals surface area contributed by atoms with Gasteiger partial charge in [0.1, 0.15) is 11.4 Å². The molecule has 1 saturated carbocycles. The van der Waals surface area contributed by atoms with E-state index in [-0.39, 0.29) is 30.4 Å². The Morgan fingerprint density at radius 2 is 1.95 bits per heavy atom. The quantitative estimate of drug-likeness (QED) is 0.505. The largest absolute Gasteiger partial charge is 0.495 e. The Kier molecular flexibility index (Phi) is 8.26. The van der Waals surface area contributed by atoms with E-state index in [1.54, 1.807) is 49.6 Å². The molecule has 3 aliphatic rings. The van der Waals surface area contributed by atoms with E-state index in [0.717, 1.165) is 51.6 Å². The van der Waals surface area contributed by atoms with Gasteiger partial charge in [-0.25, -0.2) is 9.37 Å². The molecule has 2 fully saturated rings. The van der Waals surface area contributed by atoms with E-state index in [1.807, 2.05) is 4.90 Å². The molecule has 0 radical (unpaired) electrons. The fourth-order valence-electron chi connectivity index (χ4n) is 6.04. The summed E-state index contributed by atoms with van der Waals surface area (Å²) < 4.78 is 21.6. The minimum atomic E-state index is -1.87. The van der Waals surface area contributed by atoms with Crippen molar-refractivity contribution >= 4 is 34.9 Å². The second kappa shape index (κ2) is 11.9. The number of aliphatic imine (C=N–C) groups is 1. The Balaban J connectivity index is 1.42. The van der Waals surface area contributed by atoms with E-state index in [9.17, 15) is 10.1 Å². The highest BCUT2D eigenvalue weighted by Gasteiger charge is 2.43. The fourth-order valence-corrected chi connectivity index (χ4v) is 6.04. The molecular weight excluding hydrogens is 525 g/mol. The number of piperidine rings is 1. The average molecular weight is 564 g/mol. The van der Waals surface area contributed by atoms with Crippen molar-refractivity contribution in [2.24, 2.45) is 4.99 Å². The van der Waals surface area contributed by atoms with Crippen LogP contribution in [0.15, 0.2) is 29.4 Å². The summed E-state index contributed by atoms with van der Waals surface area (Å²) in [6, 6.07) is 5.50. The van der Waals surface area contributed by atoms with Crippen LogP contribution in [0.25, 0.3) is 0 Å². The molecule has 3 heterocycles. The normalized spacial score (nSPS) is 23.2. The summed E-state index contributed by atoms with van der Waals surface area (Å²) in [4.78, 5) is 32.0. The minimum absolute atomic E-state index is 0.0242. The summed E-state index contributed by atoms with van der Waals surface area (Å²) >= 11 is 0. The lowest BCUT2D eigenvalue weighted by Crippen LogP contribution is -2.49. The first-order valence-corrected chi connectivity index (χ1v) is 14.2. The molecule has 11 nitrogen and oxygen atoms in total. The van der Waals surface area contributed by atoms with Gasteiger partial charge in [0.15, 0.2) is 17.3 Å². The first kappa shape index (κ1) is 28.5. The van der Waals surface area contributed by atoms with Crippen molar-refractivity contribution in [1.82, 2.24) is 20.2 Å². The zero-order chi connectivity index (χ0) is 29.1. The zero-order valence-corrected chi connectivity index (χ0v) is 24.2. The smallest absolute Gasteiger partial charge is 0.251 e. The number of likely N-dealkylation sites (tertiary alicyclic amines) is 1. The molecule has 218 valence electrons. The highest BCUT2D eigenvalue weighted by atomic mass is 19.1. The highest BCUT2D eigenvalue weighted by molar-refractivity contribution is 6.06. The molecule has 1 aromatic heterocycles. The lowest BCUT2D eigenvalue weighted by atomic mass is 10.0. The molecular formula is C29H38FN9O2. The molecule has 5 rings (SSSR count). The molecule has 2 aromatic rings. The molecule has 2 N–H and O–H groups in total. The molecule has 2 aliphatic heterocycles. The Bertz CT molecular complexity index is 1340. The molecule has 0 bridgehead atoms. The Hall–Kier alpha value is -3.98. The number of nitrogens with zero attached hydrogens (tertiary/aromatic N) is 7. The van der Waals surface area contributed by atoms with Crippen molar-refractivity contribution in [1.29, 1.82) is 5.26 Å². The number of aromatic nitrogens is 2. The third-order valence-corrected chi connectivity index (χ3v) is 8.32. The molecule has 1 unspecified atom stereocenters. The average Bonchev–Trinajstić information content (AvgIpc) is 3.48. The summed E-state index contributed by atoms with van der Waals surface area (Å²) in [6.07, 6.45) is 9.23. The number of carbonyl (C=O) groups is 1. The second-order valence-corrected chi connectivity index (χ2v) is 11.4. The number of fused-ring (bicyclic) bond motifs is 1. The minimum Gasteiger partial charge on any atom is -0.495 e. The highest BCUT2D eigenvalue weighted by Crippen LogP contribution is 2.40. The maximum absolute atomic E-state index is 16.0. The van der Waals surface area contributed by atoms with Gasteiger partial charge in [-0.05, 0) is 70.9 Å². The van der Waals surface area contributed by atoms with E-state index >= 15 is 4.39 Å². The summed E-state index contributed by atoms with van der Waals surface area (Å²) in [5.41, 5.74) is -0.186. The lowest BCUT2D eigenvalue weighted by Gasteiger charge is -2.33. The van der Waals surface area contributed by atoms with Gasteiger partial charge in [0.25, 0.3) is 5.91 Å². The topological polar surface area (TPSA) is 122 Å². The maximum atomic E-state index is 16.0. The van der Waals surface area contributed by atoms with Gasteiger partial charge in [-0.3, -0.25) is 4.79 Å². The number of nitriles is 1. The molecule has 1 atom stereocenters. The molecule has 0 spiro atoms. The van der Waals surface area contributed by atoms with Crippen molar-refractivity contribution in [2.75, 3.05) is 56.0 Å². The number of rotatable bonds is 6. The molecule has 12 heteroatoms. The van der Waals surface area contributed by atoms with Gasteiger partial charge in [0.2, 0.25) is 12.1 Å². The summed E-state index contributed by atoms with van der Waals surface area (Å²) in [6.45, 7) is 3.40. The summed E-state index contributed by atoms with van der Waals surface area (Å²) in [5.74, 6) is 1.26. The standard InChI is InChI=1S/C29H38FN9O2/c1-29(30)17-39(21-7-5-6-8-21)25-23(38(3)27(29)33-18-31)16-32-28(36-25)35-22-10-9-19(15-24(22)41-4)26(40)34-20-11-13-37(2)14-12-20/h9-10,15-16,20-21H,5-8,11-14,17H2,1-4H3,(H,34,40)(H,32,35,36). The van der Waals surface area contributed by atoms with E-state index in [0.29, 0.717) is 34.5 Å². The van der Waals surface area contributed by atoms with Gasteiger partial charge in [-0.2, -0.15) is 15.2 Å². The van der Waals surface area contributed by atoms with Gasteiger partial charge in [-0.15, -0.1) is 0 Å². The number of methoxy groups -OCH3 is 1. The van der Waals surface area contributed by atoms with Crippen molar-refractivity contribution in [3.63, 3.8) is 0 Å². The number of halogens is 1. The van der Waals surface area contributed by atoms with Crippen molar-refractivity contribution in [3.05, 3.63) is 30.0 Å². The number of amidine groups is 1. The number of benzene rings is 1. The number of hydrogen-bond acceptors (Lipinski definition) is 9. The van der Waals surface area contributed by atoms with Crippen LogP contribution in [0.5, 0.6) is 5.75 Å². The van der Waals surface area contributed by atoms with Gasteiger partial charge in [-0.1, -0.05) is 12.8 Å². The maximum Gasteiger partial charge on any atom is 0.251 e. The first-order valence-electron chi connectivity index (χ1n) is 14.2. The van der Waals surface area contributed by atoms with Crippen LogP contribution in [0.2, 0.25) is 0 Å². The van der Waals surface area contributed by atoms with Crippen LogP contribution in [0, 0.1) is 11.5 Å². The van der Waals surface area contributed by atoms with Crippen molar-refractivity contribution < 1.29 is 13.9 Å². The van der Waals surface area contributed by atoms with Crippen LogP contribution in [-0.4, -0.2) is 85.2 Å². The number of alkyl halides is 1. The third kappa shape index (κ3) is 6.05. The Morgan fingerprint density at radius 3 is 2.63 bits per heavy atom. The van der Waals surface area contributed by atoms with Crippen LogP contribution < -0.4 is 25.2 Å². The van der Waals surface area contributed by atoms with E-state index in [4.69, 9.17) is 9.72 Å². The Morgan fingerprint density at radius 1 is 1.22 bits per heavy atom. The lowest BCUT2D eigenvalue weighted by molar-refractivity contribution is 0.0916. The molecule has 1 saturated heterocycles. The first-order chi connectivity index (χ1) is 19.7. The van der Waals surface area contributed by atoms with E-state index in [1.165, 1.54) is 6.92 Å².